The van der Waals surface area contributed by atoms with Gasteiger partial charge in [0.1, 0.15) is 11.5 Å². The monoisotopic (exact) mass is 374 g/mol. The number of aliphatic carboxylic acids is 1. The molecular weight excluding hydrogens is 351 g/mol. The first-order chi connectivity index (χ1) is 13.0. The van der Waals surface area contributed by atoms with E-state index >= 15 is 0 Å². The number of benzene rings is 1. The lowest BCUT2D eigenvalue weighted by Crippen LogP contribution is -2.48. The highest BCUT2D eigenvalue weighted by Gasteiger charge is 2.28. The molecule has 27 heavy (non-hydrogen) atoms. The molecule has 0 unspecified atom stereocenters. The number of aromatic amines is 1. The van der Waals surface area contributed by atoms with Crippen LogP contribution >= 0.6 is 0 Å². The van der Waals surface area contributed by atoms with Crippen molar-refractivity contribution < 1.29 is 19.1 Å². The van der Waals surface area contributed by atoms with Crippen LogP contribution in [0.4, 0.5) is 4.39 Å². The van der Waals surface area contributed by atoms with E-state index in [1.165, 1.54) is 12.1 Å². The second kappa shape index (κ2) is 8.30. The van der Waals surface area contributed by atoms with Crippen molar-refractivity contribution >= 4 is 11.9 Å². The van der Waals surface area contributed by atoms with E-state index in [-0.39, 0.29) is 24.3 Å². The van der Waals surface area contributed by atoms with Crippen molar-refractivity contribution in [3.8, 4) is 11.3 Å². The van der Waals surface area contributed by atoms with Gasteiger partial charge in [0.2, 0.25) is 0 Å². The molecular formula is C19H23FN4O3. The molecule has 0 aliphatic carbocycles. The van der Waals surface area contributed by atoms with Gasteiger partial charge in [0.15, 0.2) is 0 Å². The van der Waals surface area contributed by atoms with Gasteiger partial charge < -0.3 is 10.0 Å². The maximum Gasteiger partial charge on any atom is 0.317 e. The minimum Gasteiger partial charge on any atom is -0.480 e. The van der Waals surface area contributed by atoms with Crippen molar-refractivity contribution in [2.24, 2.45) is 0 Å². The van der Waals surface area contributed by atoms with E-state index in [1.807, 2.05) is 11.8 Å². The number of aromatic nitrogens is 2. The summed E-state index contributed by atoms with van der Waals surface area (Å²) in [6, 6.07) is 7.79. The molecule has 1 aliphatic rings. The summed E-state index contributed by atoms with van der Waals surface area (Å²) in [6.07, 6.45) is 1.48. The van der Waals surface area contributed by atoms with Crippen LogP contribution < -0.4 is 0 Å². The molecule has 1 aliphatic heterocycles. The van der Waals surface area contributed by atoms with Crippen LogP contribution in [0, 0.1) is 5.82 Å². The Morgan fingerprint density at radius 2 is 1.96 bits per heavy atom. The topological polar surface area (TPSA) is 89.5 Å². The summed E-state index contributed by atoms with van der Waals surface area (Å²) in [4.78, 5) is 27.4. The summed E-state index contributed by atoms with van der Waals surface area (Å²) in [5, 5.41) is 15.9. The summed E-state index contributed by atoms with van der Waals surface area (Å²) in [5.41, 5.74) is 1.72. The van der Waals surface area contributed by atoms with Crippen molar-refractivity contribution in [2.45, 2.75) is 25.8 Å². The summed E-state index contributed by atoms with van der Waals surface area (Å²) in [6.45, 7) is 3.79. The number of nitrogens with one attached hydrogen (secondary N) is 1. The van der Waals surface area contributed by atoms with Gasteiger partial charge in [0.05, 0.1) is 12.2 Å². The lowest BCUT2D eigenvalue weighted by Gasteiger charge is -2.37. The molecule has 1 aromatic heterocycles. The second-order valence-electron chi connectivity index (χ2n) is 6.65. The minimum absolute atomic E-state index is 0.0245. The molecule has 2 aromatic rings. The zero-order valence-corrected chi connectivity index (χ0v) is 15.2. The zero-order chi connectivity index (χ0) is 19.4. The molecule has 144 valence electrons. The predicted molar refractivity (Wildman–Crippen MR) is 97.8 cm³/mol. The fourth-order valence-corrected chi connectivity index (χ4v) is 3.48. The van der Waals surface area contributed by atoms with Crippen LogP contribution in [0.25, 0.3) is 11.3 Å². The number of likely N-dealkylation sites (tertiary alicyclic amines) is 1. The number of amides is 1. The number of carbonyl (C=O) groups is 2. The Balaban J connectivity index is 1.61. The number of rotatable bonds is 6. The molecule has 0 bridgehead atoms. The summed E-state index contributed by atoms with van der Waals surface area (Å²) < 4.78 is 13.0. The molecule has 0 radical (unpaired) electrons. The van der Waals surface area contributed by atoms with Gasteiger partial charge in [0.25, 0.3) is 5.91 Å². The van der Waals surface area contributed by atoms with Crippen LogP contribution in [0.3, 0.4) is 0 Å². The normalized spacial score (nSPS) is 15.3. The molecule has 3 rings (SSSR count). The number of carboxylic acid groups (broad SMARTS) is 1. The summed E-state index contributed by atoms with van der Waals surface area (Å²) >= 11 is 0. The van der Waals surface area contributed by atoms with Crippen LogP contribution in [0.5, 0.6) is 0 Å². The van der Waals surface area contributed by atoms with Gasteiger partial charge in [0, 0.05) is 24.7 Å². The lowest BCUT2D eigenvalue weighted by atomic mass is 10.0. The Morgan fingerprint density at radius 1 is 1.30 bits per heavy atom. The SMILES string of the molecule is CCN(CC(=O)O)C1CCN(C(=O)c2cc(-c3ccc(F)cc3)n[nH]2)CC1. The van der Waals surface area contributed by atoms with Gasteiger partial charge in [-0.05, 0) is 49.7 Å². The average molecular weight is 374 g/mol. The van der Waals surface area contributed by atoms with E-state index in [2.05, 4.69) is 10.2 Å². The standard InChI is InChI=1S/C19H23FN4O3/c1-2-23(12-18(25)26)15-7-9-24(10-8-15)19(27)17-11-16(21-22-17)13-3-5-14(20)6-4-13/h3-6,11,15H,2,7-10,12H2,1H3,(H,21,22)(H,25,26). The minimum atomic E-state index is -0.832. The smallest absolute Gasteiger partial charge is 0.317 e. The third-order valence-electron chi connectivity index (χ3n) is 4.96. The van der Waals surface area contributed by atoms with E-state index in [1.54, 1.807) is 23.1 Å². The highest BCUT2D eigenvalue weighted by atomic mass is 19.1. The third kappa shape index (κ3) is 4.51. The van der Waals surface area contributed by atoms with E-state index < -0.39 is 5.97 Å². The molecule has 7 nitrogen and oxygen atoms in total. The summed E-state index contributed by atoms with van der Waals surface area (Å²) in [7, 11) is 0. The molecule has 2 N–H and O–H groups in total. The van der Waals surface area contributed by atoms with Crippen molar-refractivity contribution in [2.75, 3.05) is 26.2 Å². The fraction of sp³-hybridized carbons (Fsp3) is 0.421. The Labute approximate surface area is 156 Å². The maximum atomic E-state index is 13.0. The van der Waals surface area contributed by atoms with Crippen molar-refractivity contribution in [3.05, 3.63) is 41.8 Å². The largest absolute Gasteiger partial charge is 0.480 e. The van der Waals surface area contributed by atoms with Crippen molar-refractivity contribution in [1.29, 1.82) is 0 Å². The first-order valence-corrected chi connectivity index (χ1v) is 9.04. The van der Waals surface area contributed by atoms with Gasteiger partial charge in [-0.2, -0.15) is 5.10 Å². The number of halogens is 1. The van der Waals surface area contributed by atoms with E-state index in [9.17, 15) is 14.0 Å². The molecule has 1 fully saturated rings. The molecule has 2 heterocycles. The third-order valence-corrected chi connectivity index (χ3v) is 4.96. The Bertz CT molecular complexity index is 798. The number of H-pyrrole nitrogens is 1. The van der Waals surface area contributed by atoms with Gasteiger partial charge in [-0.15, -0.1) is 0 Å². The highest BCUT2D eigenvalue weighted by molar-refractivity contribution is 5.93. The van der Waals surface area contributed by atoms with Crippen LogP contribution in [0.2, 0.25) is 0 Å². The maximum absolute atomic E-state index is 13.0. The van der Waals surface area contributed by atoms with Gasteiger partial charge in [-0.3, -0.25) is 19.6 Å². The first kappa shape index (κ1) is 19.0. The van der Waals surface area contributed by atoms with E-state index in [4.69, 9.17) is 5.11 Å². The van der Waals surface area contributed by atoms with Crippen LogP contribution in [-0.2, 0) is 4.79 Å². The number of nitrogens with zero attached hydrogens (tertiary/aromatic N) is 3. The van der Waals surface area contributed by atoms with Crippen LogP contribution in [0.15, 0.2) is 30.3 Å². The first-order valence-electron chi connectivity index (χ1n) is 9.04. The Morgan fingerprint density at radius 3 is 2.56 bits per heavy atom. The van der Waals surface area contributed by atoms with Crippen molar-refractivity contribution in [3.63, 3.8) is 0 Å². The van der Waals surface area contributed by atoms with Crippen LogP contribution in [-0.4, -0.2) is 69.2 Å². The number of hydrogen-bond acceptors (Lipinski definition) is 4. The fourth-order valence-electron chi connectivity index (χ4n) is 3.48. The van der Waals surface area contributed by atoms with Gasteiger partial charge >= 0.3 is 5.97 Å². The molecule has 0 spiro atoms. The van der Waals surface area contributed by atoms with E-state index in [0.29, 0.717) is 31.0 Å². The zero-order valence-electron chi connectivity index (χ0n) is 15.2. The molecule has 1 amide bonds. The number of carboxylic acids is 1. The number of likely N-dealkylation sites (N-methyl/N-ethyl adjacent to an activating group) is 1. The number of piperidine rings is 1. The Kier molecular flexibility index (Phi) is 5.85. The van der Waals surface area contributed by atoms with Gasteiger partial charge in [-0.25, -0.2) is 4.39 Å². The molecule has 8 heteroatoms. The molecule has 1 saturated heterocycles. The molecule has 0 saturated carbocycles. The Hall–Kier alpha value is -2.74. The summed E-state index contributed by atoms with van der Waals surface area (Å²) in [5.74, 6) is -1.28. The molecule has 0 atom stereocenters. The average Bonchev–Trinajstić information content (AvgIpc) is 3.16. The van der Waals surface area contributed by atoms with Gasteiger partial charge in [-0.1, -0.05) is 6.92 Å². The number of carbonyl (C=O) groups excluding carboxylic acids is 1. The molecule has 1 aromatic carbocycles. The second-order valence-corrected chi connectivity index (χ2v) is 6.65. The quantitative estimate of drug-likeness (QED) is 0.809. The predicted octanol–water partition coefficient (Wildman–Crippen LogP) is 2.23. The highest BCUT2D eigenvalue weighted by Crippen LogP contribution is 2.21. The number of hydrogen-bond donors (Lipinski definition) is 2. The van der Waals surface area contributed by atoms with Crippen molar-refractivity contribution in [1.82, 2.24) is 20.0 Å². The van der Waals surface area contributed by atoms with E-state index in [0.717, 1.165) is 18.4 Å². The lowest BCUT2D eigenvalue weighted by molar-refractivity contribution is -0.139. The van der Waals surface area contributed by atoms with Crippen LogP contribution in [0.1, 0.15) is 30.3 Å².